The summed E-state index contributed by atoms with van der Waals surface area (Å²) in [6.07, 6.45) is 1.45. The van der Waals surface area contributed by atoms with Crippen LogP contribution in [0.25, 0.3) is 0 Å². The van der Waals surface area contributed by atoms with E-state index in [4.69, 9.17) is 5.73 Å². The molecule has 0 radical (unpaired) electrons. The molecule has 3 N–H and O–H groups in total. The van der Waals surface area contributed by atoms with Gasteiger partial charge in [-0.1, -0.05) is 6.07 Å². The summed E-state index contributed by atoms with van der Waals surface area (Å²) in [6, 6.07) is 6.25. The van der Waals surface area contributed by atoms with Crippen molar-refractivity contribution in [1.29, 1.82) is 0 Å². The molecule has 0 aliphatic rings. The fraction of sp³-hybridized carbons (Fsp3) is 0. The Morgan fingerprint density at radius 1 is 1.38 bits per heavy atom. The molecule has 0 fully saturated rings. The lowest BCUT2D eigenvalue weighted by Crippen LogP contribution is -2.12. The minimum absolute atomic E-state index is 0.216. The zero-order valence-electron chi connectivity index (χ0n) is 8.12. The molecule has 84 valence electrons. The molecule has 2 aromatic heterocycles. The molecule has 0 saturated heterocycles. The molecule has 5 nitrogen and oxygen atoms in total. The van der Waals surface area contributed by atoms with Crippen LogP contribution in [0.15, 0.2) is 40.1 Å². The summed E-state index contributed by atoms with van der Waals surface area (Å²) in [5.41, 5.74) is 5.98. The van der Waals surface area contributed by atoms with Crippen LogP contribution in [0, 0.1) is 0 Å². The molecule has 0 spiro atoms. The summed E-state index contributed by atoms with van der Waals surface area (Å²) in [7, 11) is -3.54. The molecule has 0 saturated carbocycles. The van der Waals surface area contributed by atoms with E-state index in [2.05, 4.69) is 9.71 Å². The van der Waals surface area contributed by atoms with Crippen LogP contribution < -0.4 is 10.5 Å². The van der Waals surface area contributed by atoms with Gasteiger partial charge in [0.05, 0.1) is 0 Å². The number of nitrogens with one attached hydrogen (secondary N) is 1. The number of nitrogens with zero attached hydrogens (tertiary/aromatic N) is 1. The number of pyridine rings is 1. The Balaban J connectivity index is 2.29. The van der Waals surface area contributed by atoms with Crippen LogP contribution in [0.2, 0.25) is 0 Å². The molecule has 0 atom stereocenters. The normalized spacial score (nSPS) is 11.2. The van der Waals surface area contributed by atoms with Crippen molar-refractivity contribution in [3.63, 3.8) is 0 Å². The van der Waals surface area contributed by atoms with Crippen molar-refractivity contribution in [3.8, 4) is 0 Å². The van der Waals surface area contributed by atoms with E-state index in [1.54, 1.807) is 17.5 Å². The number of nitrogen functional groups attached to an aromatic ring is 1. The second-order valence-corrected chi connectivity index (χ2v) is 5.87. The minimum Gasteiger partial charge on any atom is -0.399 e. The molecule has 2 aromatic rings. The Morgan fingerprint density at radius 3 is 2.81 bits per heavy atom. The molecule has 0 aromatic carbocycles. The number of aromatic nitrogens is 1. The average molecular weight is 255 g/mol. The molecule has 0 amide bonds. The van der Waals surface area contributed by atoms with Gasteiger partial charge in [-0.25, -0.2) is 13.4 Å². The molecule has 2 rings (SSSR count). The monoisotopic (exact) mass is 255 g/mol. The molecule has 0 aliphatic heterocycles. The first-order valence-corrected chi connectivity index (χ1v) is 6.72. The van der Waals surface area contributed by atoms with Gasteiger partial charge in [0.1, 0.15) is 10.0 Å². The van der Waals surface area contributed by atoms with Crippen LogP contribution in [0.3, 0.4) is 0 Å². The second kappa shape index (κ2) is 4.11. The molecule has 2 heterocycles. The van der Waals surface area contributed by atoms with E-state index in [1.807, 2.05) is 0 Å². The van der Waals surface area contributed by atoms with Crippen LogP contribution in [0.4, 0.5) is 11.5 Å². The third-order valence-corrected chi connectivity index (χ3v) is 4.54. The number of anilines is 2. The highest BCUT2D eigenvalue weighted by molar-refractivity contribution is 7.94. The predicted octanol–water partition coefficient (Wildman–Crippen LogP) is 1.53. The Bertz CT molecular complexity index is 579. The lowest BCUT2D eigenvalue weighted by atomic mass is 10.4. The first kappa shape index (κ1) is 10.9. The second-order valence-electron chi connectivity index (χ2n) is 3.01. The van der Waals surface area contributed by atoms with Crippen LogP contribution in [0.5, 0.6) is 0 Å². The lowest BCUT2D eigenvalue weighted by Gasteiger charge is -2.05. The van der Waals surface area contributed by atoms with Crippen LogP contribution in [0.1, 0.15) is 0 Å². The van der Waals surface area contributed by atoms with Gasteiger partial charge in [0, 0.05) is 18.0 Å². The van der Waals surface area contributed by atoms with Gasteiger partial charge in [0.25, 0.3) is 10.0 Å². The van der Waals surface area contributed by atoms with Gasteiger partial charge >= 0.3 is 0 Å². The van der Waals surface area contributed by atoms with Crippen molar-refractivity contribution in [1.82, 2.24) is 4.98 Å². The third-order valence-electron chi connectivity index (χ3n) is 1.78. The summed E-state index contributed by atoms with van der Waals surface area (Å²) in [5.74, 6) is 0.216. The number of rotatable bonds is 3. The topological polar surface area (TPSA) is 85.1 Å². The van der Waals surface area contributed by atoms with Crippen molar-refractivity contribution in [2.75, 3.05) is 10.5 Å². The molecule has 0 bridgehead atoms. The van der Waals surface area contributed by atoms with E-state index in [0.717, 1.165) is 11.3 Å². The third kappa shape index (κ3) is 2.31. The average Bonchev–Trinajstić information content (AvgIpc) is 2.69. The van der Waals surface area contributed by atoms with E-state index in [-0.39, 0.29) is 10.0 Å². The summed E-state index contributed by atoms with van der Waals surface area (Å²) >= 11 is 1.14. The Morgan fingerprint density at radius 2 is 2.19 bits per heavy atom. The SMILES string of the molecule is Nc1ccnc(NS(=O)(=O)c2cccs2)c1. The maximum Gasteiger partial charge on any atom is 0.272 e. The molecular formula is C9H9N3O2S2. The van der Waals surface area contributed by atoms with Crippen molar-refractivity contribution >= 4 is 32.9 Å². The lowest BCUT2D eigenvalue weighted by molar-refractivity contribution is 0.603. The first-order chi connectivity index (χ1) is 7.58. The zero-order chi connectivity index (χ0) is 11.6. The largest absolute Gasteiger partial charge is 0.399 e. The van der Waals surface area contributed by atoms with E-state index in [0.29, 0.717) is 5.69 Å². The van der Waals surface area contributed by atoms with Gasteiger partial charge in [-0.15, -0.1) is 11.3 Å². The van der Waals surface area contributed by atoms with Crippen LogP contribution in [-0.4, -0.2) is 13.4 Å². The highest BCUT2D eigenvalue weighted by atomic mass is 32.2. The van der Waals surface area contributed by atoms with Gasteiger partial charge < -0.3 is 5.73 Å². The van der Waals surface area contributed by atoms with Crippen molar-refractivity contribution in [3.05, 3.63) is 35.8 Å². The number of hydrogen-bond donors (Lipinski definition) is 2. The summed E-state index contributed by atoms with van der Waals surface area (Å²) < 4.78 is 26.2. The molecule has 16 heavy (non-hydrogen) atoms. The van der Waals surface area contributed by atoms with Crippen molar-refractivity contribution in [2.45, 2.75) is 4.21 Å². The minimum atomic E-state index is -3.54. The Labute approximate surface area is 97.0 Å². The standard InChI is InChI=1S/C9H9N3O2S2/c10-7-3-4-11-8(6-7)12-16(13,14)9-2-1-5-15-9/h1-6H,(H3,10,11,12). The Kier molecular flexibility index (Phi) is 2.80. The smallest absolute Gasteiger partial charge is 0.272 e. The fourth-order valence-corrected chi connectivity index (χ4v) is 3.10. The van der Waals surface area contributed by atoms with Crippen LogP contribution >= 0.6 is 11.3 Å². The van der Waals surface area contributed by atoms with E-state index in [1.165, 1.54) is 18.3 Å². The fourth-order valence-electron chi connectivity index (χ4n) is 1.11. The summed E-state index contributed by atoms with van der Waals surface area (Å²) in [6.45, 7) is 0. The van der Waals surface area contributed by atoms with Crippen molar-refractivity contribution in [2.24, 2.45) is 0 Å². The van der Waals surface area contributed by atoms with Crippen molar-refractivity contribution < 1.29 is 8.42 Å². The zero-order valence-corrected chi connectivity index (χ0v) is 9.75. The first-order valence-electron chi connectivity index (χ1n) is 4.36. The summed E-state index contributed by atoms with van der Waals surface area (Å²) in [4.78, 5) is 3.87. The molecule has 7 heteroatoms. The van der Waals surface area contributed by atoms with E-state index in [9.17, 15) is 8.42 Å². The molecule has 0 aliphatic carbocycles. The number of hydrogen-bond acceptors (Lipinski definition) is 5. The van der Waals surface area contributed by atoms with E-state index >= 15 is 0 Å². The maximum absolute atomic E-state index is 11.8. The Hall–Kier alpha value is -1.60. The van der Waals surface area contributed by atoms with Gasteiger partial charge in [-0.3, -0.25) is 4.72 Å². The van der Waals surface area contributed by atoms with Gasteiger partial charge in [-0.2, -0.15) is 0 Å². The molecule has 0 unspecified atom stereocenters. The number of nitrogens with two attached hydrogens (primary N) is 1. The highest BCUT2D eigenvalue weighted by Crippen LogP contribution is 2.19. The highest BCUT2D eigenvalue weighted by Gasteiger charge is 2.15. The van der Waals surface area contributed by atoms with Crippen LogP contribution in [-0.2, 0) is 10.0 Å². The quantitative estimate of drug-likeness (QED) is 0.871. The predicted molar refractivity (Wildman–Crippen MR) is 63.8 cm³/mol. The van der Waals surface area contributed by atoms with Gasteiger partial charge in [0.15, 0.2) is 0 Å². The maximum atomic E-state index is 11.8. The van der Waals surface area contributed by atoms with Gasteiger partial charge in [-0.05, 0) is 17.5 Å². The van der Waals surface area contributed by atoms with Gasteiger partial charge in [0.2, 0.25) is 0 Å². The van der Waals surface area contributed by atoms with E-state index < -0.39 is 10.0 Å². The number of sulfonamides is 1. The molecular weight excluding hydrogens is 246 g/mol. The summed E-state index contributed by atoms with van der Waals surface area (Å²) in [5, 5.41) is 1.70. The number of thiophene rings is 1.